The Morgan fingerprint density at radius 3 is 2.59 bits per heavy atom. The predicted octanol–water partition coefficient (Wildman–Crippen LogP) is 6.81. The first-order chi connectivity index (χ1) is 18.9. The van der Waals surface area contributed by atoms with Gasteiger partial charge in [0.25, 0.3) is 5.91 Å². The summed E-state index contributed by atoms with van der Waals surface area (Å²) < 4.78 is 21.4. The van der Waals surface area contributed by atoms with Crippen molar-refractivity contribution in [2.24, 2.45) is 0 Å². The molecule has 1 aliphatic rings. The zero-order valence-electron chi connectivity index (χ0n) is 20.5. The van der Waals surface area contributed by atoms with E-state index in [0.717, 1.165) is 27.4 Å². The van der Waals surface area contributed by atoms with Crippen LogP contribution in [0.4, 0.5) is 9.52 Å². The smallest absolute Gasteiger partial charge is 0.296 e. The maximum atomic E-state index is 15.1. The van der Waals surface area contributed by atoms with Crippen LogP contribution in [-0.4, -0.2) is 27.0 Å². The van der Waals surface area contributed by atoms with Gasteiger partial charge in [-0.1, -0.05) is 89.3 Å². The fraction of sp³-hybridized carbons (Fsp3) is 0.103. The molecule has 0 saturated carbocycles. The fourth-order valence-corrected chi connectivity index (χ4v) is 6.26. The van der Waals surface area contributed by atoms with Gasteiger partial charge in [0.1, 0.15) is 17.4 Å². The molecule has 39 heavy (non-hydrogen) atoms. The Balaban J connectivity index is 1.36. The monoisotopic (exact) mass is 557 g/mol. The third kappa shape index (κ3) is 4.62. The lowest BCUT2D eigenvalue weighted by atomic mass is 9.95. The number of para-hydroxylation sites is 1. The number of benzene rings is 3. The molecule has 0 spiro atoms. The van der Waals surface area contributed by atoms with Crippen LogP contribution in [0.15, 0.2) is 99.0 Å². The Morgan fingerprint density at radius 1 is 1.08 bits per heavy atom. The van der Waals surface area contributed by atoms with Gasteiger partial charge in [0.2, 0.25) is 10.9 Å². The summed E-state index contributed by atoms with van der Waals surface area (Å²) in [6, 6.07) is 21.3. The summed E-state index contributed by atoms with van der Waals surface area (Å²) in [6.45, 7) is 2.02. The van der Waals surface area contributed by atoms with Gasteiger partial charge in [-0.3, -0.25) is 14.5 Å². The van der Waals surface area contributed by atoms with Gasteiger partial charge in [0.05, 0.1) is 5.57 Å². The van der Waals surface area contributed by atoms with Crippen molar-refractivity contribution in [1.29, 1.82) is 0 Å². The van der Waals surface area contributed by atoms with Gasteiger partial charge >= 0.3 is 0 Å². The number of carbonyl (C=O) groups excluding carboxylic acids is 2. The Hall–Kier alpha value is -4.28. The van der Waals surface area contributed by atoms with Crippen molar-refractivity contribution < 1.29 is 23.5 Å². The molecular formula is C29H20FN3O4S2. The summed E-state index contributed by atoms with van der Waals surface area (Å²) in [4.78, 5) is 28.2. The van der Waals surface area contributed by atoms with Crippen molar-refractivity contribution >= 4 is 50.9 Å². The van der Waals surface area contributed by atoms with Crippen LogP contribution >= 0.6 is 23.1 Å². The minimum Gasteiger partial charge on any atom is -0.503 e. The first-order valence-electron chi connectivity index (χ1n) is 12.0. The van der Waals surface area contributed by atoms with E-state index in [2.05, 4.69) is 10.2 Å². The van der Waals surface area contributed by atoms with E-state index in [-0.39, 0.29) is 22.0 Å². The van der Waals surface area contributed by atoms with Gasteiger partial charge in [0.15, 0.2) is 15.9 Å². The van der Waals surface area contributed by atoms with Crippen LogP contribution in [-0.2, 0) is 10.5 Å². The minimum absolute atomic E-state index is 0.0402. The summed E-state index contributed by atoms with van der Waals surface area (Å²) >= 11 is 2.57. The average Bonchev–Trinajstić information content (AvgIpc) is 3.65. The number of hydrogen-bond donors (Lipinski definition) is 1. The number of Topliss-reactive ketones (excluding diaryl/α,β-unsaturated/α-hetero) is 1. The number of aliphatic hydroxyl groups excluding tert-OH is 1. The highest BCUT2D eigenvalue weighted by molar-refractivity contribution is 8.00. The molecule has 5 aromatic rings. The van der Waals surface area contributed by atoms with Crippen LogP contribution in [0.5, 0.6) is 0 Å². The second-order valence-electron chi connectivity index (χ2n) is 8.96. The molecule has 1 aliphatic heterocycles. The maximum Gasteiger partial charge on any atom is 0.296 e. The highest BCUT2D eigenvalue weighted by atomic mass is 32.2. The van der Waals surface area contributed by atoms with Crippen molar-refractivity contribution in [3.63, 3.8) is 0 Å². The molecular weight excluding hydrogens is 537 g/mol. The molecule has 0 aliphatic carbocycles. The van der Waals surface area contributed by atoms with Crippen molar-refractivity contribution in [2.45, 2.75) is 23.1 Å². The molecule has 1 atom stereocenters. The van der Waals surface area contributed by atoms with E-state index < -0.39 is 29.3 Å². The molecule has 1 unspecified atom stereocenters. The van der Waals surface area contributed by atoms with Gasteiger partial charge < -0.3 is 9.52 Å². The molecule has 2 aromatic heterocycles. The molecule has 194 valence electrons. The SMILES string of the molecule is Cc1ccc(CSc2nnc(N3C(=O)C(O)=C(C(=O)c4cc5ccccc5o4)C3c3ccccc3F)s2)cc1. The number of fused-ring (bicyclic) bond motifs is 1. The van der Waals surface area contributed by atoms with E-state index in [1.54, 1.807) is 30.3 Å². The Bertz CT molecular complexity index is 1730. The summed E-state index contributed by atoms with van der Waals surface area (Å²) in [5.74, 6) is -2.43. The molecule has 0 bridgehead atoms. The lowest BCUT2D eigenvalue weighted by Gasteiger charge is -2.24. The lowest BCUT2D eigenvalue weighted by molar-refractivity contribution is -0.117. The highest BCUT2D eigenvalue weighted by Crippen LogP contribution is 2.44. The zero-order chi connectivity index (χ0) is 27.1. The van der Waals surface area contributed by atoms with Crippen LogP contribution in [0, 0.1) is 12.7 Å². The lowest BCUT2D eigenvalue weighted by Crippen LogP contribution is -2.31. The molecule has 1 N–H and O–H groups in total. The standard InChI is InChI=1S/C29H20FN3O4S2/c1-16-10-12-17(13-11-16)15-38-29-32-31-28(39-29)33-24(19-7-3-4-8-20(19)30)23(26(35)27(33)36)25(34)22-14-18-6-2-5-9-21(18)37-22/h2-14,24,35H,15H2,1H3. The van der Waals surface area contributed by atoms with Gasteiger partial charge in [-0.15, -0.1) is 10.2 Å². The normalized spacial score (nSPS) is 15.5. The van der Waals surface area contributed by atoms with E-state index in [1.807, 2.05) is 31.2 Å². The molecule has 10 heteroatoms. The predicted molar refractivity (Wildman–Crippen MR) is 147 cm³/mol. The summed E-state index contributed by atoms with van der Waals surface area (Å²) in [6.07, 6.45) is 0. The fourth-order valence-electron chi connectivity index (χ4n) is 4.44. The van der Waals surface area contributed by atoms with Crippen molar-refractivity contribution in [2.75, 3.05) is 4.90 Å². The van der Waals surface area contributed by atoms with Crippen LogP contribution in [0.2, 0.25) is 0 Å². The first-order valence-corrected chi connectivity index (χ1v) is 13.8. The van der Waals surface area contributed by atoms with E-state index in [9.17, 15) is 14.7 Å². The van der Waals surface area contributed by atoms with E-state index in [1.165, 1.54) is 36.0 Å². The average molecular weight is 558 g/mol. The second kappa shape index (κ2) is 10.1. The molecule has 6 rings (SSSR count). The topological polar surface area (TPSA) is 96.5 Å². The number of carbonyl (C=O) groups is 2. The van der Waals surface area contributed by atoms with E-state index in [4.69, 9.17) is 4.42 Å². The number of aliphatic hydroxyl groups is 1. The van der Waals surface area contributed by atoms with Crippen molar-refractivity contribution in [1.82, 2.24) is 10.2 Å². The number of thioether (sulfide) groups is 1. The summed E-state index contributed by atoms with van der Waals surface area (Å²) in [5, 5.41) is 20.2. The molecule has 1 amide bonds. The first kappa shape index (κ1) is 25.0. The molecule has 3 heterocycles. The Kier molecular flexibility index (Phi) is 6.49. The third-order valence-corrected chi connectivity index (χ3v) is 8.51. The molecule has 0 radical (unpaired) electrons. The number of furan rings is 1. The summed E-state index contributed by atoms with van der Waals surface area (Å²) in [5.41, 5.74) is 2.49. The Labute approximate surface area is 230 Å². The van der Waals surface area contributed by atoms with Crippen LogP contribution in [0.25, 0.3) is 11.0 Å². The molecule has 7 nitrogen and oxygen atoms in total. The van der Waals surface area contributed by atoms with Crippen LogP contribution < -0.4 is 4.90 Å². The van der Waals surface area contributed by atoms with Crippen molar-refractivity contribution in [3.8, 4) is 0 Å². The van der Waals surface area contributed by atoms with E-state index >= 15 is 4.39 Å². The largest absolute Gasteiger partial charge is 0.503 e. The quantitative estimate of drug-likeness (QED) is 0.133. The number of aryl methyl sites for hydroxylation is 1. The molecule has 3 aromatic carbocycles. The minimum atomic E-state index is -1.26. The second-order valence-corrected chi connectivity index (χ2v) is 11.1. The number of rotatable bonds is 7. The number of nitrogens with zero attached hydrogens (tertiary/aromatic N) is 3. The maximum absolute atomic E-state index is 15.1. The van der Waals surface area contributed by atoms with Crippen LogP contribution in [0.3, 0.4) is 0 Å². The zero-order valence-corrected chi connectivity index (χ0v) is 22.1. The number of aromatic nitrogens is 2. The van der Waals surface area contributed by atoms with Gasteiger partial charge in [-0.25, -0.2) is 4.39 Å². The third-order valence-electron chi connectivity index (χ3n) is 6.39. The molecule has 0 fully saturated rings. The number of halogens is 1. The number of amides is 1. The van der Waals surface area contributed by atoms with Gasteiger partial charge in [-0.05, 0) is 30.7 Å². The number of ketones is 1. The number of hydrogen-bond acceptors (Lipinski definition) is 8. The van der Waals surface area contributed by atoms with Crippen LogP contribution in [0.1, 0.15) is 33.3 Å². The summed E-state index contributed by atoms with van der Waals surface area (Å²) in [7, 11) is 0. The van der Waals surface area contributed by atoms with Crippen molar-refractivity contribution in [3.05, 3.63) is 118 Å². The Morgan fingerprint density at radius 2 is 1.82 bits per heavy atom. The number of anilines is 1. The van der Waals surface area contributed by atoms with Gasteiger partial charge in [-0.2, -0.15) is 0 Å². The molecule has 0 saturated heterocycles. The van der Waals surface area contributed by atoms with Gasteiger partial charge in [0, 0.05) is 16.7 Å². The highest BCUT2D eigenvalue weighted by Gasteiger charge is 2.47. The van der Waals surface area contributed by atoms with E-state index in [0.29, 0.717) is 21.1 Å².